The molecule has 2 aliphatic rings. The third-order valence-corrected chi connectivity index (χ3v) is 4.89. The predicted molar refractivity (Wildman–Crippen MR) is 95.5 cm³/mol. The molecule has 0 aliphatic carbocycles. The SMILES string of the molecule is CC(C)CN1CCn2nc(CNC(=O)c3n[nH]c4c3COCC4)cc2C1. The quantitative estimate of drug-likeness (QED) is 0.835. The second-order valence-electron chi connectivity index (χ2n) is 7.49. The normalized spacial score (nSPS) is 17.2. The summed E-state index contributed by atoms with van der Waals surface area (Å²) in [7, 11) is 0. The second kappa shape index (κ2) is 7.20. The number of aromatic nitrogens is 4. The highest BCUT2D eigenvalue weighted by atomic mass is 16.5. The molecule has 0 atom stereocenters. The Hall–Kier alpha value is -2.19. The van der Waals surface area contributed by atoms with Gasteiger partial charge in [0.25, 0.3) is 5.91 Å². The molecule has 4 heterocycles. The van der Waals surface area contributed by atoms with Crippen molar-refractivity contribution in [2.24, 2.45) is 5.92 Å². The lowest BCUT2D eigenvalue weighted by atomic mass is 10.1. The van der Waals surface area contributed by atoms with Crippen molar-refractivity contribution >= 4 is 5.91 Å². The van der Waals surface area contributed by atoms with Crippen LogP contribution in [-0.4, -0.2) is 50.5 Å². The van der Waals surface area contributed by atoms with Crippen LogP contribution in [0, 0.1) is 5.92 Å². The second-order valence-corrected chi connectivity index (χ2v) is 7.49. The Kier molecular flexibility index (Phi) is 4.78. The van der Waals surface area contributed by atoms with Crippen molar-refractivity contribution in [1.29, 1.82) is 0 Å². The van der Waals surface area contributed by atoms with E-state index in [4.69, 9.17) is 4.74 Å². The number of aromatic amines is 1. The van der Waals surface area contributed by atoms with Gasteiger partial charge in [-0.25, -0.2) is 0 Å². The molecule has 4 rings (SSSR count). The van der Waals surface area contributed by atoms with Crippen LogP contribution < -0.4 is 5.32 Å². The monoisotopic (exact) mass is 358 g/mol. The van der Waals surface area contributed by atoms with Crippen LogP contribution >= 0.6 is 0 Å². The van der Waals surface area contributed by atoms with Gasteiger partial charge in [-0.15, -0.1) is 0 Å². The van der Waals surface area contributed by atoms with E-state index in [1.165, 1.54) is 5.69 Å². The fourth-order valence-corrected chi connectivity index (χ4v) is 3.69. The predicted octanol–water partition coefficient (Wildman–Crippen LogP) is 1.08. The minimum Gasteiger partial charge on any atom is -0.376 e. The summed E-state index contributed by atoms with van der Waals surface area (Å²) in [5, 5.41) is 14.7. The summed E-state index contributed by atoms with van der Waals surface area (Å²) in [6.07, 6.45) is 0.774. The van der Waals surface area contributed by atoms with Crippen LogP contribution in [0.1, 0.15) is 47.0 Å². The van der Waals surface area contributed by atoms with E-state index in [0.29, 0.717) is 31.4 Å². The number of carbonyl (C=O) groups excluding carboxylic acids is 1. The number of carbonyl (C=O) groups is 1. The van der Waals surface area contributed by atoms with Crippen LogP contribution in [-0.2, 0) is 37.4 Å². The Labute approximate surface area is 152 Å². The molecule has 0 unspecified atom stereocenters. The number of nitrogens with one attached hydrogen (secondary N) is 2. The summed E-state index contributed by atoms with van der Waals surface area (Å²) in [4.78, 5) is 14.9. The molecule has 2 aromatic heterocycles. The van der Waals surface area contributed by atoms with Crippen molar-refractivity contribution in [3.63, 3.8) is 0 Å². The summed E-state index contributed by atoms with van der Waals surface area (Å²) >= 11 is 0. The van der Waals surface area contributed by atoms with E-state index >= 15 is 0 Å². The molecule has 26 heavy (non-hydrogen) atoms. The van der Waals surface area contributed by atoms with Gasteiger partial charge in [0.15, 0.2) is 5.69 Å². The Bertz CT molecular complexity index is 794. The largest absolute Gasteiger partial charge is 0.376 e. The molecule has 140 valence electrons. The van der Waals surface area contributed by atoms with E-state index in [1.807, 2.05) is 0 Å². The summed E-state index contributed by atoms with van der Waals surface area (Å²) in [5.41, 5.74) is 4.42. The Morgan fingerprint density at radius 3 is 3.15 bits per heavy atom. The van der Waals surface area contributed by atoms with Crippen molar-refractivity contribution < 1.29 is 9.53 Å². The molecular weight excluding hydrogens is 332 g/mol. The number of nitrogens with zero attached hydrogens (tertiary/aromatic N) is 4. The van der Waals surface area contributed by atoms with Gasteiger partial charge < -0.3 is 10.1 Å². The van der Waals surface area contributed by atoms with Crippen molar-refractivity contribution in [1.82, 2.24) is 30.2 Å². The highest BCUT2D eigenvalue weighted by Gasteiger charge is 2.23. The van der Waals surface area contributed by atoms with E-state index < -0.39 is 0 Å². The number of H-pyrrole nitrogens is 1. The average Bonchev–Trinajstić information content (AvgIpc) is 3.22. The fraction of sp³-hybridized carbons (Fsp3) is 0.611. The topological polar surface area (TPSA) is 88.1 Å². The smallest absolute Gasteiger partial charge is 0.272 e. The standard InChI is InChI=1S/C18H26N6O2/c1-12(2)9-23-4-5-24-14(10-23)7-13(22-24)8-19-18(25)17-15-11-26-6-3-16(15)20-21-17/h7,12H,3-6,8-11H2,1-2H3,(H,19,25)(H,20,21). The van der Waals surface area contributed by atoms with E-state index in [9.17, 15) is 4.79 Å². The van der Waals surface area contributed by atoms with Gasteiger partial charge in [-0.3, -0.25) is 19.5 Å². The highest BCUT2D eigenvalue weighted by molar-refractivity contribution is 5.93. The van der Waals surface area contributed by atoms with Crippen LogP contribution in [0.2, 0.25) is 0 Å². The number of fused-ring (bicyclic) bond motifs is 2. The van der Waals surface area contributed by atoms with Gasteiger partial charge in [0.1, 0.15) is 0 Å². The number of ether oxygens (including phenoxy) is 1. The van der Waals surface area contributed by atoms with Gasteiger partial charge in [-0.05, 0) is 12.0 Å². The molecule has 0 saturated heterocycles. The first-order chi connectivity index (χ1) is 12.6. The van der Waals surface area contributed by atoms with Gasteiger partial charge in [-0.1, -0.05) is 13.8 Å². The molecule has 0 bridgehead atoms. The molecule has 1 amide bonds. The van der Waals surface area contributed by atoms with E-state index in [-0.39, 0.29) is 5.91 Å². The minimum atomic E-state index is -0.180. The molecular formula is C18H26N6O2. The maximum absolute atomic E-state index is 12.5. The maximum atomic E-state index is 12.5. The highest BCUT2D eigenvalue weighted by Crippen LogP contribution is 2.18. The first kappa shape index (κ1) is 17.2. The van der Waals surface area contributed by atoms with Crippen LogP contribution in [0.25, 0.3) is 0 Å². The zero-order valence-corrected chi connectivity index (χ0v) is 15.4. The molecule has 2 N–H and O–H groups in total. The summed E-state index contributed by atoms with van der Waals surface area (Å²) < 4.78 is 7.50. The van der Waals surface area contributed by atoms with Crippen LogP contribution in [0.15, 0.2) is 6.07 Å². The molecule has 8 nitrogen and oxygen atoms in total. The van der Waals surface area contributed by atoms with Gasteiger partial charge >= 0.3 is 0 Å². The lowest BCUT2D eigenvalue weighted by Crippen LogP contribution is -2.36. The summed E-state index contributed by atoms with van der Waals surface area (Å²) in [6, 6.07) is 2.09. The van der Waals surface area contributed by atoms with Gasteiger partial charge in [0.2, 0.25) is 0 Å². The van der Waals surface area contributed by atoms with Crippen molar-refractivity contribution in [3.05, 3.63) is 34.4 Å². The number of rotatable bonds is 5. The van der Waals surface area contributed by atoms with Crippen LogP contribution in [0.5, 0.6) is 0 Å². The Morgan fingerprint density at radius 1 is 1.42 bits per heavy atom. The minimum absolute atomic E-state index is 0.180. The van der Waals surface area contributed by atoms with Gasteiger partial charge in [-0.2, -0.15) is 10.2 Å². The summed E-state index contributed by atoms with van der Waals surface area (Å²) in [5.74, 6) is 0.479. The van der Waals surface area contributed by atoms with E-state index in [1.54, 1.807) is 0 Å². The molecule has 0 spiro atoms. The van der Waals surface area contributed by atoms with E-state index in [0.717, 1.165) is 49.6 Å². The number of hydrogen-bond donors (Lipinski definition) is 2. The molecule has 8 heteroatoms. The maximum Gasteiger partial charge on any atom is 0.272 e. The lowest BCUT2D eigenvalue weighted by Gasteiger charge is -2.28. The van der Waals surface area contributed by atoms with Crippen LogP contribution in [0.4, 0.5) is 0 Å². The Morgan fingerprint density at radius 2 is 2.31 bits per heavy atom. The van der Waals surface area contributed by atoms with Crippen molar-refractivity contribution in [3.8, 4) is 0 Å². The molecule has 0 aromatic carbocycles. The number of amides is 1. The Balaban J connectivity index is 1.38. The number of hydrogen-bond acceptors (Lipinski definition) is 5. The fourth-order valence-electron chi connectivity index (χ4n) is 3.69. The summed E-state index contributed by atoms with van der Waals surface area (Å²) in [6.45, 7) is 9.96. The first-order valence-electron chi connectivity index (χ1n) is 9.30. The molecule has 0 fully saturated rings. The lowest BCUT2D eigenvalue weighted by molar-refractivity contribution is 0.0922. The van der Waals surface area contributed by atoms with E-state index in [2.05, 4.69) is 50.1 Å². The van der Waals surface area contributed by atoms with Gasteiger partial charge in [0.05, 0.1) is 37.7 Å². The van der Waals surface area contributed by atoms with Crippen LogP contribution in [0.3, 0.4) is 0 Å². The molecule has 0 saturated carbocycles. The molecule has 2 aliphatic heterocycles. The zero-order valence-electron chi connectivity index (χ0n) is 15.4. The molecule has 0 radical (unpaired) electrons. The molecule has 2 aromatic rings. The van der Waals surface area contributed by atoms with Crippen molar-refractivity contribution in [2.45, 2.75) is 46.5 Å². The van der Waals surface area contributed by atoms with Crippen molar-refractivity contribution in [2.75, 3.05) is 19.7 Å². The van der Waals surface area contributed by atoms with Gasteiger partial charge in [0, 0.05) is 37.3 Å². The third-order valence-electron chi connectivity index (χ3n) is 4.89. The average molecular weight is 358 g/mol. The first-order valence-corrected chi connectivity index (χ1v) is 9.30. The zero-order chi connectivity index (χ0) is 18.1. The third kappa shape index (κ3) is 3.52.